The molecule has 0 aliphatic heterocycles. The van der Waals surface area contributed by atoms with E-state index in [1.807, 2.05) is 6.07 Å². The van der Waals surface area contributed by atoms with Crippen molar-refractivity contribution < 1.29 is 14.7 Å². The van der Waals surface area contributed by atoms with E-state index in [0.717, 1.165) is 15.8 Å². The maximum absolute atomic E-state index is 11.9. The standard InChI is InChI=1S/C13H10ClNO3S2/c14-11-5-2-9(20-11)7-15-13(18)10-4-1-8(19-10)3-6-12(16)17/h1-6H,7H2,(H,15,18)(H,16,17). The number of halogens is 1. The number of carboxylic acids is 1. The van der Waals surface area contributed by atoms with Crippen LogP contribution >= 0.6 is 34.3 Å². The van der Waals surface area contributed by atoms with Gasteiger partial charge in [-0.1, -0.05) is 11.6 Å². The molecule has 0 unspecified atom stereocenters. The molecule has 0 saturated carbocycles. The zero-order valence-corrected chi connectivity index (χ0v) is 12.5. The molecule has 104 valence electrons. The molecule has 1 amide bonds. The highest BCUT2D eigenvalue weighted by Crippen LogP contribution is 2.22. The summed E-state index contributed by atoms with van der Waals surface area (Å²) >= 11 is 8.47. The first-order chi connectivity index (χ1) is 9.54. The number of thiophene rings is 2. The molecular formula is C13H10ClNO3S2. The maximum Gasteiger partial charge on any atom is 0.328 e. The Morgan fingerprint density at radius 2 is 2.05 bits per heavy atom. The van der Waals surface area contributed by atoms with Crippen LogP contribution in [0.5, 0.6) is 0 Å². The van der Waals surface area contributed by atoms with Gasteiger partial charge in [0.25, 0.3) is 5.91 Å². The van der Waals surface area contributed by atoms with E-state index < -0.39 is 5.97 Å². The number of carbonyl (C=O) groups excluding carboxylic acids is 1. The van der Waals surface area contributed by atoms with Crippen LogP contribution in [0.4, 0.5) is 0 Å². The third-order valence-electron chi connectivity index (χ3n) is 2.29. The highest BCUT2D eigenvalue weighted by molar-refractivity contribution is 7.16. The Morgan fingerprint density at radius 1 is 1.25 bits per heavy atom. The fourth-order valence-corrected chi connectivity index (χ4v) is 3.27. The molecule has 0 spiro atoms. The summed E-state index contributed by atoms with van der Waals surface area (Å²) in [6, 6.07) is 7.03. The summed E-state index contributed by atoms with van der Waals surface area (Å²) in [4.78, 5) is 24.5. The van der Waals surface area contributed by atoms with Crippen LogP contribution < -0.4 is 5.32 Å². The highest BCUT2D eigenvalue weighted by atomic mass is 35.5. The quantitative estimate of drug-likeness (QED) is 0.826. The molecule has 0 radical (unpaired) electrons. The molecule has 2 heterocycles. The molecule has 0 aromatic carbocycles. The largest absolute Gasteiger partial charge is 0.478 e. The van der Waals surface area contributed by atoms with E-state index in [2.05, 4.69) is 5.32 Å². The Balaban J connectivity index is 1.94. The van der Waals surface area contributed by atoms with Gasteiger partial charge >= 0.3 is 5.97 Å². The lowest BCUT2D eigenvalue weighted by atomic mass is 10.3. The summed E-state index contributed by atoms with van der Waals surface area (Å²) in [5.74, 6) is -1.20. The van der Waals surface area contributed by atoms with Crippen LogP contribution in [0.1, 0.15) is 19.4 Å². The predicted molar refractivity (Wildman–Crippen MR) is 81.5 cm³/mol. The van der Waals surface area contributed by atoms with Crippen LogP contribution in [0.25, 0.3) is 6.08 Å². The van der Waals surface area contributed by atoms with E-state index in [1.54, 1.807) is 18.2 Å². The second-order valence-electron chi connectivity index (χ2n) is 3.76. The molecule has 0 saturated heterocycles. The number of aliphatic carboxylic acids is 1. The van der Waals surface area contributed by atoms with Gasteiger partial charge in [-0.3, -0.25) is 4.79 Å². The van der Waals surface area contributed by atoms with Gasteiger partial charge in [0, 0.05) is 15.8 Å². The lowest BCUT2D eigenvalue weighted by Crippen LogP contribution is -2.21. The second kappa shape index (κ2) is 6.69. The third kappa shape index (κ3) is 4.19. The molecule has 7 heteroatoms. The predicted octanol–water partition coefficient (Wildman–Crippen LogP) is 3.49. The highest BCUT2D eigenvalue weighted by Gasteiger charge is 2.08. The zero-order chi connectivity index (χ0) is 14.5. The van der Waals surface area contributed by atoms with Crippen molar-refractivity contribution in [1.29, 1.82) is 0 Å². The average molecular weight is 328 g/mol. The van der Waals surface area contributed by atoms with Crippen LogP contribution in [0.15, 0.2) is 30.3 Å². The van der Waals surface area contributed by atoms with Crippen molar-refractivity contribution in [2.45, 2.75) is 6.54 Å². The zero-order valence-electron chi connectivity index (χ0n) is 10.1. The number of hydrogen-bond acceptors (Lipinski definition) is 4. The third-order valence-corrected chi connectivity index (χ3v) is 4.57. The summed E-state index contributed by atoms with van der Waals surface area (Å²) in [7, 11) is 0. The van der Waals surface area contributed by atoms with Crippen LogP contribution in [0.2, 0.25) is 4.34 Å². The maximum atomic E-state index is 11.9. The van der Waals surface area contributed by atoms with Gasteiger partial charge in [0.2, 0.25) is 0 Å². The van der Waals surface area contributed by atoms with Crippen molar-refractivity contribution in [1.82, 2.24) is 5.32 Å². The van der Waals surface area contributed by atoms with Crippen molar-refractivity contribution >= 4 is 52.2 Å². The minimum atomic E-state index is -1.01. The Kier molecular flexibility index (Phi) is 4.94. The Hall–Kier alpha value is -1.63. The first kappa shape index (κ1) is 14.8. The Bertz CT molecular complexity index is 660. The van der Waals surface area contributed by atoms with E-state index >= 15 is 0 Å². The molecular weight excluding hydrogens is 318 g/mol. The van der Waals surface area contributed by atoms with Gasteiger partial charge in [0.15, 0.2) is 0 Å². The minimum Gasteiger partial charge on any atom is -0.478 e. The van der Waals surface area contributed by atoms with E-state index in [-0.39, 0.29) is 5.91 Å². The van der Waals surface area contributed by atoms with Gasteiger partial charge in [0.05, 0.1) is 15.8 Å². The van der Waals surface area contributed by atoms with E-state index in [0.29, 0.717) is 15.8 Å². The van der Waals surface area contributed by atoms with Crippen molar-refractivity contribution in [3.63, 3.8) is 0 Å². The summed E-state index contributed by atoms with van der Waals surface area (Å²) in [6.07, 6.45) is 2.50. The van der Waals surface area contributed by atoms with E-state index in [9.17, 15) is 9.59 Å². The van der Waals surface area contributed by atoms with Crippen LogP contribution in [0, 0.1) is 0 Å². The number of rotatable bonds is 5. The fraction of sp³-hybridized carbons (Fsp3) is 0.0769. The molecule has 2 rings (SSSR count). The first-order valence-corrected chi connectivity index (χ1v) is 7.59. The molecule has 2 aromatic rings. The SMILES string of the molecule is O=C(O)C=Cc1ccc(C(=O)NCc2ccc(Cl)s2)s1. The summed E-state index contributed by atoms with van der Waals surface area (Å²) < 4.78 is 0.687. The fourth-order valence-electron chi connectivity index (χ4n) is 1.42. The van der Waals surface area contributed by atoms with Gasteiger partial charge in [-0.25, -0.2) is 4.79 Å². The molecule has 0 aliphatic rings. The number of amides is 1. The first-order valence-electron chi connectivity index (χ1n) is 5.58. The van der Waals surface area contributed by atoms with Gasteiger partial charge < -0.3 is 10.4 Å². The topological polar surface area (TPSA) is 66.4 Å². The van der Waals surface area contributed by atoms with Crippen molar-refractivity contribution in [2.75, 3.05) is 0 Å². The van der Waals surface area contributed by atoms with Crippen LogP contribution in [0.3, 0.4) is 0 Å². The lowest BCUT2D eigenvalue weighted by Gasteiger charge is -2.00. The lowest BCUT2D eigenvalue weighted by molar-refractivity contribution is -0.131. The molecule has 20 heavy (non-hydrogen) atoms. The number of nitrogens with one attached hydrogen (secondary N) is 1. The van der Waals surface area contributed by atoms with E-state index in [4.69, 9.17) is 16.7 Å². The molecule has 0 aliphatic carbocycles. The van der Waals surface area contributed by atoms with Gasteiger partial charge in [-0.2, -0.15) is 0 Å². The number of carboxylic acid groups (broad SMARTS) is 1. The summed E-state index contributed by atoms with van der Waals surface area (Å²) in [5.41, 5.74) is 0. The normalized spacial score (nSPS) is 10.8. The van der Waals surface area contributed by atoms with Crippen molar-refractivity contribution in [2.24, 2.45) is 0 Å². The van der Waals surface area contributed by atoms with Crippen molar-refractivity contribution in [3.8, 4) is 0 Å². The number of carbonyl (C=O) groups is 2. The average Bonchev–Trinajstić information content (AvgIpc) is 3.02. The smallest absolute Gasteiger partial charge is 0.328 e. The molecule has 4 nitrogen and oxygen atoms in total. The van der Waals surface area contributed by atoms with Gasteiger partial charge in [-0.15, -0.1) is 22.7 Å². The molecule has 2 aromatic heterocycles. The van der Waals surface area contributed by atoms with Crippen molar-refractivity contribution in [3.05, 3.63) is 49.3 Å². The van der Waals surface area contributed by atoms with Crippen LogP contribution in [-0.2, 0) is 11.3 Å². The van der Waals surface area contributed by atoms with E-state index in [1.165, 1.54) is 28.7 Å². The molecule has 2 N–H and O–H groups in total. The van der Waals surface area contributed by atoms with Crippen LogP contribution in [-0.4, -0.2) is 17.0 Å². The van der Waals surface area contributed by atoms with Gasteiger partial charge in [-0.05, 0) is 30.3 Å². The minimum absolute atomic E-state index is 0.186. The Morgan fingerprint density at radius 3 is 2.70 bits per heavy atom. The molecule has 0 atom stereocenters. The summed E-state index contributed by atoms with van der Waals surface area (Å²) in [6.45, 7) is 0.425. The monoisotopic (exact) mass is 327 g/mol. The second-order valence-corrected chi connectivity index (χ2v) is 6.68. The molecule has 0 bridgehead atoms. The summed E-state index contributed by atoms with van der Waals surface area (Å²) in [5, 5.41) is 11.3. The van der Waals surface area contributed by atoms with Gasteiger partial charge in [0.1, 0.15) is 0 Å². The molecule has 0 fully saturated rings. The Labute approximate surface area is 128 Å². The number of hydrogen-bond donors (Lipinski definition) is 2.